The van der Waals surface area contributed by atoms with Crippen molar-refractivity contribution in [2.75, 3.05) is 39.6 Å². The molecule has 0 amide bonds. The van der Waals surface area contributed by atoms with E-state index in [1.165, 1.54) is 250 Å². The largest absolute Gasteiger partial charge is 0.472 e. The summed E-state index contributed by atoms with van der Waals surface area (Å²) in [5, 5.41) is 10.6. The van der Waals surface area contributed by atoms with Gasteiger partial charge in [0.2, 0.25) is 0 Å². The van der Waals surface area contributed by atoms with Crippen LogP contribution in [0.15, 0.2) is 0 Å². The number of phosphoric acid groups is 2. The summed E-state index contributed by atoms with van der Waals surface area (Å²) in [6.07, 6.45) is 65.3. The van der Waals surface area contributed by atoms with Crippen LogP contribution in [0.5, 0.6) is 0 Å². The minimum absolute atomic E-state index is 0.108. The maximum Gasteiger partial charge on any atom is 0.472 e. The second-order valence-corrected chi connectivity index (χ2v) is 32.5. The Morgan fingerprint density at radius 3 is 0.680 bits per heavy atom. The molecule has 0 aromatic carbocycles. The summed E-state index contributed by atoms with van der Waals surface area (Å²) in [6.45, 7) is 7.28. The van der Waals surface area contributed by atoms with E-state index >= 15 is 0 Å². The zero-order valence-electron chi connectivity index (χ0n) is 65.3. The number of hydrogen-bond donors (Lipinski definition) is 3. The van der Waals surface area contributed by atoms with Gasteiger partial charge in [0.25, 0.3) is 0 Å². The molecule has 100 heavy (non-hydrogen) atoms. The van der Waals surface area contributed by atoms with Crippen LogP contribution in [-0.4, -0.2) is 96.7 Å². The van der Waals surface area contributed by atoms with Crippen molar-refractivity contribution in [3.63, 3.8) is 0 Å². The van der Waals surface area contributed by atoms with Gasteiger partial charge >= 0.3 is 39.5 Å². The summed E-state index contributed by atoms with van der Waals surface area (Å²) in [5.41, 5.74) is 0. The lowest BCUT2D eigenvalue weighted by Gasteiger charge is -2.21. The van der Waals surface area contributed by atoms with E-state index in [1.807, 2.05) is 0 Å². The summed E-state index contributed by atoms with van der Waals surface area (Å²) in [5.74, 6) is -1.40. The molecule has 5 atom stereocenters. The summed E-state index contributed by atoms with van der Waals surface area (Å²) >= 11 is 0. The van der Waals surface area contributed by atoms with E-state index in [9.17, 15) is 43.2 Å². The van der Waals surface area contributed by atoms with Crippen LogP contribution in [0.1, 0.15) is 433 Å². The normalized spacial score (nSPS) is 13.8. The summed E-state index contributed by atoms with van der Waals surface area (Å²) in [4.78, 5) is 73.0. The second-order valence-electron chi connectivity index (χ2n) is 29.6. The molecule has 0 saturated heterocycles. The van der Waals surface area contributed by atoms with Gasteiger partial charge in [-0.3, -0.25) is 37.3 Å². The topological polar surface area (TPSA) is 237 Å². The first-order chi connectivity index (χ1) is 48.5. The Morgan fingerprint density at radius 1 is 0.270 bits per heavy atom. The maximum atomic E-state index is 13.1. The minimum atomic E-state index is -4.96. The van der Waals surface area contributed by atoms with Crippen molar-refractivity contribution in [3.8, 4) is 0 Å². The fourth-order valence-corrected chi connectivity index (χ4v) is 14.2. The highest BCUT2D eigenvalue weighted by Crippen LogP contribution is 2.45. The fraction of sp³-hybridized carbons (Fsp3) is 0.951. The Kier molecular flexibility index (Phi) is 72.5. The van der Waals surface area contributed by atoms with Crippen molar-refractivity contribution in [2.24, 2.45) is 5.92 Å². The van der Waals surface area contributed by atoms with E-state index in [4.69, 9.17) is 37.0 Å². The number of aliphatic hydroxyl groups is 1. The molecule has 2 unspecified atom stereocenters. The molecule has 0 aromatic heterocycles. The molecule has 0 heterocycles. The van der Waals surface area contributed by atoms with Gasteiger partial charge in [-0.25, -0.2) is 9.13 Å². The molecule has 0 rings (SSSR count). The molecule has 0 bridgehead atoms. The smallest absolute Gasteiger partial charge is 0.462 e. The quantitative estimate of drug-likeness (QED) is 0.0222. The van der Waals surface area contributed by atoms with Gasteiger partial charge in [0.05, 0.1) is 26.4 Å². The second kappa shape index (κ2) is 73.9. The highest BCUT2D eigenvalue weighted by molar-refractivity contribution is 7.47. The van der Waals surface area contributed by atoms with E-state index in [1.54, 1.807) is 0 Å². The van der Waals surface area contributed by atoms with Crippen LogP contribution in [0.25, 0.3) is 0 Å². The number of aliphatic hydroxyl groups excluding tert-OH is 1. The lowest BCUT2D eigenvalue weighted by Crippen LogP contribution is -2.30. The number of rotatable bonds is 81. The molecule has 0 aromatic rings. The Bertz CT molecular complexity index is 1910. The lowest BCUT2D eigenvalue weighted by molar-refractivity contribution is -0.161. The first-order valence-electron chi connectivity index (χ1n) is 42.1. The van der Waals surface area contributed by atoms with Crippen LogP contribution in [0, 0.1) is 5.92 Å². The SMILES string of the molecule is CCCCCCCCCCCCCCCCCCCCC(=O)OC[C@H](COP(=O)(O)OC[C@@H](O)COP(=O)(O)OC[C@@H](COC(=O)CCCCCCCCCC(C)C)OC(=O)CCCCCCCCCCCCCCCC)OC(=O)CCCCCCCCCCCCCCCCCCCC. The number of carbonyl (C=O) groups is 4. The van der Waals surface area contributed by atoms with Gasteiger partial charge in [0, 0.05) is 25.7 Å². The first kappa shape index (κ1) is 98.1. The zero-order valence-corrected chi connectivity index (χ0v) is 67.1. The third kappa shape index (κ3) is 74.3. The van der Waals surface area contributed by atoms with Crippen molar-refractivity contribution in [2.45, 2.75) is 451 Å². The Morgan fingerprint density at radius 2 is 0.460 bits per heavy atom. The molecule has 3 N–H and O–H groups in total. The van der Waals surface area contributed by atoms with Crippen molar-refractivity contribution in [1.29, 1.82) is 0 Å². The van der Waals surface area contributed by atoms with Crippen LogP contribution in [0.3, 0.4) is 0 Å². The molecule has 0 aliphatic heterocycles. The van der Waals surface area contributed by atoms with Crippen LogP contribution in [-0.2, 0) is 65.4 Å². The summed E-state index contributed by atoms with van der Waals surface area (Å²) in [7, 11) is -9.92. The highest BCUT2D eigenvalue weighted by Gasteiger charge is 2.30. The van der Waals surface area contributed by atoms with Gasteiger partial charge in [-0.1, -0.05) is 381 Å². The van der Waals surface area contributed by atoms with Crippen molar-refractivity contribution < 1.29 is 80.2 Å². The maximum absolute atomic E-state index is 13.1. The fourth-order valence-electron chi connectivity index (χ4n) is 12.6. The lowest BCUT2D eigenvalue weighted by atomic mass is 10.0. The predicted molar refractivity (Wildman–Crippen MR) is 409 cm³/mol. The predicted octanol–water partition coefficient (Wildman–Crippen LogP) is 24.4. The van der Waals surface area contributed by atoms with Gasteiger partial charge < -0.3 is 33.8 Å². The number of hydrogen-bond acceptors (Lipinski definition) is 15. The van der Waals surface area contributed by atoms with E-state index < -0.39 is 97.5 Å². The van der Waals surface area contributed by atoms with Gasteiger partial charge in [0.1, 0.15) is 19.3 Å². The number of unbranched alkanes of at least 4 members (excludes halogenated alkanes) is 53. The standard InChI is InChI=1S/C81H158O17P2/c1-6-9-12-15-18-21-24-27-30-32-34-36-39-41-44-49-54-59-64-78(83)91-70-76(97-80(85)67-62-57-51-46-43-40-37-35-33-31-28-25-22-19-16-13-10-7-2)72-95-99(87,88)93-68-75(82)69-94-100(89,90)96-73-77(71-92-79(84)65-60-55-52-47-48-53-58-63-74(4)5)98-81(86)66-61-56-50-45-42-38-29-26-23-20-17-14-11-8-3/h74-77,82H,6-73H2,1-5H3,(H,87,88)(H,89,90)/t75-,76-,77-/m1/s1. The van der Waals surface area contributed by atoms with E-state index in [2.05, 4.69) is 34.6 Å². The molecule has 0 saturated carbocycles. The summed E-state index contributed by atoms with van der Waals surface area (Å²) < 4.78 is 68.7. The Hall–Kier alpha value is -1.94. The monoisotopic (exact) mass is 1470 g/mol. The average Bonchev–Trinajstić information content (AvgIpc) is 0.918. The number of ether oxygens (including phenoxy) is 4. The van der Waals surface area contributed by atoms with Gasteiger partial charge in [-0.05, 0) is 31.6 Å². The third-order valence-electron chi connectivity index (χ3n) is 19.0. The molecule has 0 radical (unpaired) electrons. The first-order valence-corrected chi connectivity index (χ1v) is 45.1. The molecule has 0 spiro atoms. The van der Waals surface area contributed by atoms with E-state index in [-0.39, 0.29) is 25.7 Å². The minimum Gasteiger partial charge on any atom is -0.462 e. The van der Waals surface area contributed by atoms with Gasteiger partial charge in [-0.15, -0.1) is 0 Å². The van der Waals surface area contributed by atoms with Crippen molar-refractivity contribution in [1.82, 2.24) is 0 Å². The van der Waals surface area contributed by atoms with Crippen molar-refractivity contribution >= 4 is 39.5 Å². The Balaban J connectivity index is 5.23. The average molecular weight is 1470 g/mol. The highest BCUT2D eigenvalue weighted by atomic mass is 31.2. The molecular formula is C81H158O17P2. The molecule has 0 aliphatic rings. The zero-order chi connectivity index (χ0) is 73.4. The Labute approximate surface area is 613 Å². The number of esters is 4. The van der Waals surface area contributed by atoms with E-state index in [0.717, 1.165) is 96.3 Å². The van der Waals surface area contributed by atoms with Crippen LogP contribution in [0.4, 0.5) is 0 Å². The van der Waals surface area contributed by atoms with Gasteiger partial charge in [0.15, 0.2) is 12.2 Å². The molecular weight excluding hydrogens is 1310 g/mol. The molecule has 0 fully saturated rings. The molecule has 0 aliphatic carbocycles. The van der Waals surface area contributed by atoms with Crippen LogP contribution < -0.4 is 0 Å². The van der Waals surface area contributed by atoms with Crippen LogP contribution in [0.2, 0.25) is 0 Å². The number of phosphoric ester groups is 2. The third-order valence-corrected chi connectivity index (χ3v) is 20.9. The molecule has 17 nitrogen and oxygen atoms in total. The summed E-state index contributed by atoms with van der Waals surface area (Å²) in [6, 6.07) is 0. The number of carbonyl (C=O) groups excluding carboxylic acids is 4. The van der Waals surface area contributed by atoms with Gasteiger partial charge in [-0.2, -0.15) is 0 Å². The van der Waals surface area contributed by atoms with Crippen LogP contribution >= 0.6 is 15.6 Å². The molecule has 19 heteroatoms. The molecule has 594 valence electrons. The van der Waals surface area contributed by atoms with Crippen molar-refractivity contribution in [3.05, 3.63) is 0 Å². The van der Waals surface area contributed by atoms with E-state index in [0.29, 0.717) is 31.6 Å².